The highest BCUT2D eigenvalue weighted by molar-refractivity contribution is 14.1. The van der Waals surface area contributed by atoms with E-state index in [4.69, 9.17) is 80.8 Å². The van der Waals surface area contributed by atoms with E-state index in [0.29, 0.717) is 112 Å². The quantitative estimate of drug-likeness (QED) is 0.0395. The van der Waals surface area contributed by atoms with Crippen molar-refractivity contribution in [1.29, 1.82) is 0 Å². The number of benzene rings is 5. The van der Waals surface area contributed by atoms with Crippen LogP contribution in [0.25, 0.3) is 44.3 Å². The van der Waals surface area contributed by atoms with Crippen LogP contribution >= 0.6 is 45.8 Å². The number of methoxy groups -OCH3 is 5. The second-order valence-corrected chi connectivity index (χ2v) is 44.0. The maximum atomic E-state index is 13.3. The van der Waals surface area contributed by atoms with Gasteiger partial charge >= 0.3 is 6.09 Å². The number of ether oxygens (including phenoxy) is 10. The van der Waals surface area contributed by atoms with E-state index in [1.165, 1.54) is 42.4 Å². The van der Waals surface area contributed by atoms with Gasteiger partial charge in [-0.05, 0) is 249 Å². The first-order valence-electron chi connectivity index (χ1n) is 52.1. The SMILES string of the molecule is COc1cc(-c2cc(O[C@H](C)[C@H]3CNC(=O)C3)c3c(C4CC4)cnn3c2)ccc1N1CCNCC1.COc1ccc([C@@H](C)N2C[C@H]([C@@H](C)Oc3cc(-c4ccc(N5CCN(C(=O)OC(C)(C)C)CC5)c(OC)c4)cn4ncc(C5CC5)c34)CC2=O)cc1.COc1ccc([C@@H](C)N2C[C@H]([C@@H](C)Oc3cc(Cl)cn4ncc(C5CC5)c34)CC2=O)cc1.COc1ccc([C@@H](C)N2C[C@H]([C@@H](C)Oc3cc(Cl)cn4ncc(I)c34)CC2=O)cc1. The Morgan fingerprint density at radius 1 is 0.396 bits per heavy atom. The largest absolute Gasteiger partial charge is 0.497 e. The van der Waals surface area contributed by atoms with Gasteiger partial charge in [0.05, 0.1) is 103 Å². The molecule has 31 nitrogen and oxygen atoms in total. The Bertz CT molecular complexity index is 7010. The van der Waals surface area contributed by atoms with E-state index < -0.39 is 5.60 Å². The fourth-order valence-corrected chi connectivity index (χ4v) is 22.4. The van der Waals surface area contributed by atoms with Crippen molar-refractivity contribution in [2.45, 2.75) is 199 Å². The molecule has 0 spiro atoms. The molecule has 0 unspecified atom stereocenters. The minimum absolute atomic E-state index is 0.000203. The second-order valence-electron chi connectivity index (χ2n) is 41.9. The van der Waals surface area contributed by atoms with Gasteiger partial charge in [0.2, 0.25) is 23.6 Å². The van der Waals surface area contributed by atoms with Gasteiger partial charge < -0.3 is 87.4 Å². The molecule has 5 amide bonds. The number of carbonyl (C=O) groups is 5. The summed E-state index contributed by atoms with van der Waals surface area (Å²) in [7, 11) is 8.38. The maximum Gasteiger partial charge on any atom is 0.410 e. The van der Waals surface area contributed by atoms with E-state index in [1.54, 1.807) is 57.4 Å². The van der Waals surface area contributed by atoms with Crippen LogP contribution in [0, 0.1) is 27.2 Å². The number of piperazine rings is 2. The molecule has 5 aromatic carbocycles. The number of amides is 5. The normalized spacial score (nSPS) is 19.9. The molecule has 0 radical (unpaired) electrons. The molecule has 3 aliphatic carbocycles. The second kappa shape index (κ2) is 45.1. The highest BCUT2D eigenvalue weighted by Gasteiger charge is 2.43. The molecular formula is C115H135Cl2IN16O15. The van der Waals surface area contributed by atoms with Crippen LogP contribution in [-0.4, -0.2) is 232 Å². The summed E-state index contributed by atoms with van der Waals surface area (Å²) in [5.41, 5.74) is 16.5. The number of halogens is 3. The Morgan fingerprint density at radius 2 is 0.738 bits per heavy atom. The first-order valence-corrected chi connectivity index (χ1v) is 54.0. The number of aromatic nitrogens is 8. The van der Waals surface area contributed by atoms with E-state index in [9.17, 15) is 24.0 Å². The monoisotopic (exact) mass is 2180 g/mol. The molecule has 3 saturated carbocycles. The van der Waals surface area contributed by atoms with Gasteiger partial charge in [0.15, 0.2) is 0 Å². The number of rotatable bonds is 30. The van der Waals surface area contributed by atoms with Crippen LogP contribution in [-0.2, 0) is 23.9 Å². The third-order valence-corrected chi connectivity index (χ3v) is 32.0. The van der Waals surface area contributed by atoms with Crippen molar-refractivity contribution in [3.8, 4) is 74.0 Å². The minimum atomic E-state index is -0.525. The number of pyridine rings is 4. The molecule has 149 heavy (non-hydrogen) atoms. The minimum Gasteiger partial charge on any atom is -0.497 e. The highest BCUT2D eigenvalue weighted by atomic mass is 127. The Balaban J connectivity index is 0.000000128. The summed E-state index contributed by atoms with van der Waals surface area (Å²) in [6.07, 6.45) is 23.5. The van der Waals surface area contributed by atoms with E-state index in [-0.39, 0.29) is 95.9 Å². The summed E-state index contributed by atoms with van der Waals surface area (Å²) in [6.45, 7) is 29.1. The molecule has 0 bridgehead atoms. The summed E-state index contributed by atoms with van der Waals surface area (Å²) in [6, 6.07) is 44.2. The smallest absolute Gasteiger partial charge is 0.410 e. The molecule has 786 valence electrons. The van der Waals surface area contributed by atoms with E-state index in [2.05, 4.69) is 149 Å². The van der Waals surface area contributed by atoms with E-state index in [0.717, 1.165) is 161 Å². The molecule has 13 aromatic rings. The lowest BCUT2D eigenvalue weighted by atomic mass is 10.0. The van der Waals surface area contributed by atoms with Crippen LogP contribution in [0.3, 0.4) is 0 Å². The molecule has 11 atom stereocenters. The zero-order chi connectivity index (χ0) is 104. The summed E-state index contributed by atoms with van der Waals surface area (Å²) in [4.78, 5) is 75.6. The van der Waals surface area contributed by atoms with Crippen molar-refractivity contribution >= 4 is 109 Å². The number of hydrogen-bond acceptors (Lipinski definition) is 22. The highest BCUT2D eigenvalue weighted by Crippen LogP contribution is 2.51. The molecule has 6 saturated heterocycles. The van der Waals surface area contributed by atoms with Crippen molar-refractivity contribution in [3.63, 3.8) is 0 Å². The summed E-state index contributed by atoms with van der Waals surface area (Å²) >= 11 is 14.8. The molecule has 9 fully saturated rings. The predicted octanol–water partition coefficient (Wildman–Crippen LogP) is 20.8. The number of nitrogens with one attached hydrogen (secondary N) is 2. The summed E-state index contributed by atoms with van der Waals surface area (Å²) < 4.78 is 67.7. The van der Waals surface area contributed by atoms with E-state index >= 15 is 0 Å². The van der Waals surface area contributed by atoms with Crippen molar-refractivity contribution in [3.05, 3.63) is 230 Å². The lowest BCUT2D eigenvalue weighted by molar-refractivity contribution is -0.130. The Labute approximate surface area is 893 Å². The van der Waals surface area contributed by atoms with Crippen LogP contribution in [0.1, 0.15) is 203 Å². The number of carbonyl (C=O) groups excluding carboxylic acids is 5. The van der Waals surface area contributed by atoms with Gasteiger partial charge in [-0.2, -0.15) is 20.4 Å². The summed E-state index contributed by atoms with van der Waals surface area (Å²) in [5.74, 6) is 9.65. The number of nitrogens with zero attached hydrogens (tertiary/aromatic N) is 14. The van der Waals surface area contributed by atoms with Gasteiger partial charge in [0.1, 0.15) is 104 Å². The number of hydrogen-bond donors (Lipinski definition) is 2. The zero-order valence-corrected chi connectivity index (χ0v) is 91.1. The summed E-state index contributed by atoms with van der Waals surface area (Å²) in [5, 5.41) is 25.8. The first-order chi connectivity index (χ1) is 71.8. The van der Waals surface area contributed by atoms with Crippen LogP contribution < -0.4 is 63.1 Å². The van der Waals surface area contributed by atoms with Crippen molar-refractivity contribution < 1.29 is 71.3 Å². The van der Waals surface area contributed by atoms with Gasteiger partial charge in [0, 0.05) is 193 Å². The van der Waals surface area contributed by atoms with E-state index in [1.807, 2.05) is 173 Å². The number of anilines is 2. The molecule has 6 aliphatic heterocycles. The van der Waals surface area contributed by atoms with Crippen LogP contribution in [0.4, 0.5) is 16.2 Å². The van der Waals surface area contributed by atoms with Gasteiger partial charge in [-0.1, -0.05) is 71.7 Å². The van der Waals surface area contributed by atoms with Gasteiger partial charge in [-0.25, -0.2) is 22.9 Å². The first kappa shape index (κ1) is 105. The van der Waals surface area contributed by atoms with Gasteiger partial charge in [-0.15, -0.1) is 0 Å². The fourth-order valence-electron chi connectivity index (χ4n) is 21.3. The Morgan fingerprint density at radius 3 is 1.09 bits per heavy atom. The Hall–Kier alpha value is -12.9. The molecule has 22 rings (SSSR count). The standard InChI is InChI=1S/C41H51N5O6.C27H33N5O3.C25H28ClN3O3.C22H23ClIN3O3/c1-26(28-10-13-33(49-6)14-11-28)45-24-31(22-38(45)47)27(2)51-37-21-32(25-46-39(37)34(23-42-46)29-8-9-29)30-12-15-35(36(20-30)50-7)43-16-18-44(19-17-43)40(48)52-41(3,4)5;1-17(20-13-26(33)29-14-20)35-25-12-21(16-32-27(25)22(15-30-32)18-3-4-18)19-5-6-23(24(11-19)34-2)31-9-7-28-8-10-31;1-15(17-6-8-21(31-3)9-7-17)28-13-19(10-24(28)30)16(2)32-23-11-20(26)14-29-25(23)22(12-27-29)18-4-5-18;1-13(15-4-6-18(29-3)7-5-15)26-11-16(8-21(26)28)14(2)30-20-9-17(23)12-27-22(20)19(24)10-25-27/h10-15,20-21,23,25-27,29,31H,8-9,16-19,22,24H2,1-7H3;5-6,11-12,15-18,20,28H,3-4,7-10,13-14H2,1-2H3,(H,29,33);6-9,11-12,14-16,18-19H,4-5,10,13H2,1-3H3;4-7,9-10,12-14,16H,8,11H2,1-3H3/t26-,27-,31-;17-,20-;15-,16-,19-;13-,14-,16-/m1111/s1. The third-order valence-electron chi connectivity index (χ3n) is 30.8. The fraction of sp³-hybridized carbons (Fsp3) is 0.452. The van der Waals surface area contributed by atoms with Crippen LogP contribution in [0.2, 0.25) is 10.0 Å². The Kier molecular flexibility index (Phi) is 31.6. The molecule has 34 heteroatoms. The third kappa shape index (κ3) is 23.6. The lowest BCUT2D eigenvalue weighted by Gasteiger charge is -2.37. The molecule has 14 heterocycles. The maximum absolute atomic E-state index is 13.3. The number of likely N-dealkylation sites (tertiary alicyclic amines) is 3. The van der Waals surface area contributed by atoms with Crippen LogP contribution in [0.15, 0.2) is 183 Å². The molecule has 2 N–H and O–H groups in total. The van der Waals surface area contributed by atoms with Gasteiger partial charge in [-0.3, -0.25) is 19.2 Å². The van der Waals surface area contributed by atoms with Crippen molar-refractivity contribution in [1.82, 2.24) is 68.7 Å². The zero-order valence-electron chi connectivity index (χ0n) is 87.5. The number of fused-ring (bicyclic) bond motifs is 4. The van der Waals surface area contributed by atoms with Crippen molar-refractivity contribution in [2.24, 2.45) is 23.7 Å². The van der Waals surface area contributed by atoms with Crippen molar-refractivity contribution in [2.75, 3.05) is 124 Å². The molecule has 8 aromatic heterocycles. The topological polar surface area (TPSA) is 290 Å². The molecular weight excluding hydrogens is 2040 g/mol. The lowest BCUT2D eigenvalue weighted by Crippen LogP contribution is -2.50. The average molecular weight is 2180 g/mol. The molecule has 9 aliphatic rings. The van der Waals surface area contributed by atoms with Crippen LogP contribution in [0.5, 0.6) is 51.7 Å². The average Bonchev–Trinajstić information content (AvgIpc) is 1.61. The predicted molar refractivity (Wildman–Crippen MR) is 584 cm³/mol. The van der Waals surface area contributed by atoms with Gasteiger partial charge in [0.25, 0.3) is 0 Å².